The van der Waals surface area contributed by atoms with E-state index in [1.165, 1.54) is 11.1 Å². The third-order valence-corrected chi connectivity index (χ3v) is 4.34. The molecule has 0 fully saturated rings. The van der Waals surface area contributed by atoms with Gasteiger partial charge in [0.2, 0.25) is 0 Å². The number of nitrogens with one attached hydrogen (secondary N) is 1. The lowest BCUT2D eigenvalue weighted by Crippen LogP contribution is -2.22. The highest BCUT2D eigenvalue weighted by atomic mass is 16.1. The standard InChI is InChI=1S/C19H25N5O/c1-19(2,3)14-8-6-13(7-9-14)11-23(4)12-16-21-17-15(18(25)22-16)10-20-24(17)5/h6-10H,11-12H2,1-5H3,(H,21,22,25). The van der Waals surface area contributed by atoms with Gasteiger partial charge in [0, 0.05) is 13.6 Å². The molecule has 0 aliphatic carbocycles. The normalized spacial score (nSPS) is 12.2. The monoisotopic (exact) mass is 339 g/mol. The van der Waals surface area contributed by atoms with Crippen LogP contribution in [0.3, 0.4) is 0 Å². The van der Waals surface area contributed by atoms with Crippen LogP contribution in [0.4, 0.5) is 0 Å². The average molecular weight is 339 g/mol. The minimum Gasteiger partial charge on any atom is -0.309 e. The van der Waals surface area contributed by atoms with E-state index in [2.05, 4.69) is 65.0 Å². The van der Waals surface area contributed by atoms with E-state index in [-0.39, 0.29) is 11.0 Å². The summed E-state index contributed by atoms with van der Waals surface area (Å²) in [6.45, 7) is 8.00. The number of fused-ring (bicyclic) bond motifs is 1. The average Bonchev–Trinajstić information content (AvgIpc) is 2.89. The van der Waals surface area contributed by atoms with Gasteiger partial charge in [-0.25, -0.2) is 4.98 Å². The fraction of sp³-hybridized carbons (Fsp3) is 0.421. The summed E-state index contributed by atoms with van der Waals surface area (Å²) in [5, 5.41) is 4.61. The van der Waals surface area contributed by atoms with Gasteiger partial charge in [-0.2, -0.15) is 5.10 Å². The highest BCUT2D eigenvalue weighted by Crippen LogP contribution is 2.22. The molecule has 0 spiro atoms. The molecule has 0 atom stereocenters. The lowest BCUT2D eigenvalue weighted by atomic mass is 9.87. The molecule has 2 aromatic heterocycles. The predicted molar refractivity (Wildman–Crippen MR) is 99.4 cm³/mol. The van der Waals surface area contributed by atoms with E-state index in [9.17, 15) is 4.79 Å². The summed E-state index contributed by atoms with van der Waals surface area (Å²) in [5.74, 6) is 0.648. The second kappa shape index (κ2) is 6.44. The zero-order valence-electron chi connectivity index (χ0n) is 15.5. The van der Waals surface area contributed by atoms with Gasteiger partial charge in [0.05, 0.1) is 12.7 Å². The summed E-state index contributed by atoms with van der Waals surface area (Å²) in [6, 6.07) is 8.70. The number of aryl methyl sites for hydroxylation is 1. The van der Waals surface area contributed by atoms with E-state index in [1.54, 1.807) is 17.9 Å². The van der Waals surface area contributed by atoms with E-state index >= 15 is 0 Å². The fourth-order valence-electron chi connectivity index (χ4n) is 2.89. The second-order valence-corrected chi connectivity index (χ2v) is 7.64. The first-order valence-electron chi connectivity index (χ1n) is 8.43. The van der Waals surface area contributed by atoms with Gasteiger partial charge in [-0.15, -0.1) is 0 Å². The first-order valence-corrected chi connectivity index (χ1v) is 8.43. The molecule has 0 saturated carbocycles. The van der Waals surface area contributed by atoms with E-state index < -0.39 is 0 Å². The van der Waals surface area contributed by atoms with Gasteiger partial charge in [0.1, 0.15) is 11.2 Å². The van der Waals surface area contributed by atoms with Crippen LogP contribution < -0.4 is 5.56 Å². The van der Waals surface area contributed by atoms with E-state index in [4.69, 9.17) is 0 Å². The fourth-order valence-corrected chi connectivity index (χ4v) is 2.89. The summed E-state index contributed by atoms with van der Waals surface area (Å²) in [7, 11) is 3.81. The van der Waals surface area contributed by atoms with Gasteiger partial charge in [0.25, 0.3) is 5.56 Å². The van der Waals surface area contributed by atoms with E-state index in [0.29, 0.717) is 23.4 Å². The van der Waals surface area contributed by atoms with Crippen LogP contribution in [-0.2, 0) is 25.6 Å². The zero-order valence-corrected chi connectivity index (χ0v) is 15.5. The van der Waals surface area contributed by atoms with E-state index in [1.807, 2.05) is 7.05 Å². The summed E-state index contributed by atoms with van der Waals surface area (Å²) in [5.41, 5.74) is 3.19. The summed E-state index contributed by atoms with van der Waals surface area (Å²) in [4.78, 5) is 21.6. The lowest BCUT2D eigenvalue weighted by Gasteiger charge is -2.20. The molecule has 3 aromatic rings. The molecule has 0 amide bonds. The Morgan fingerprint density at radius 1 is 1.16 bits per heavy atom. The number of nitrogens with zero attached hydrogens (tertiary/aromatic N) is 4. The molecule has 1 N–H and O–H groups in total. The Bertz CT molecular complexity index is 931. The van der Waals surface area contributed by atoms with Crippen LogP contribution in [0.25, 0.3) is 11.0 Å². The molecule has 0 bridgehead atoms. The van der Waals surface area contributed by atoms with Crippen LogP contribution in [0.2, 0.25) is 0 Å². The maximum Gasteiger partial charge on any atom is 0.262 e. The Morgan fingerprint density at radius 2 is 1.84 bits per heavy atom. The molecule has 1 aromatic carbocycles. The SMILES string of the molecule is CN(Cc1ccc(C(C)(C)C)cc1)Cc1nc2c(cnn2C)c(=O)[nH]1. The Kier molecular flexibility index (Phi) is 4.47. The third-order valence-electron chi connectivity index (χ3n) is 4.34. The third kappa shape index (κ3) is 3.79. The molecule has 3 rings (SSSR count). The minimum atomic E-state index is -0.143. The first-order chi connectivity index (χ1) is 11.7. The Labute approximate surface area is 147 Å². The van der Waals surface area contributed by atoms with Gasteiger partial charge in [-0.05, 0) is 23.6 Å². The molecule has 6 nitrogen and oxygen atoms in total. The molecule has 0 aliphatic rings. The van der Waals surface area contributed by atoms with Crippen LogP contribution in [0, 0.1) is 0 Å². The van der Waals surface area contributed by atoms with Crippen molar-refractivity contribution in [1.29, 1.82) is 0 Å². The second-order valence-electron chi connectivity index (χ2n) is 7.64. The highest BCUT2D eigenvalue weighted by Gasteiger charge is 2.13. The molecule has 2 heterocycles. The van der Waals surface area contributed by atoms with Crippen molar-refractivity contribution in [3.63, 3.8) is 0 Å². The molecule has 25 heavy (non-hydrogen) atoms. The smallest absolute Gasteiger partial charge is 0.262 e. The molecule has 6 heteroatoms. The number of aromatic nitrogens is 4. The quantitative estimate of drug-likeness (QED) is 0.793. The molecule has 0 unspecified atom stereocenters. The van der Waals surface area contributed by atoms with Gasteiger partial charge in [0.15, 0.2) is 5.65 Å². The van der Waals surface area contributed by atoms with Crippen molar-refractivity contribution in [2.75, 3.05) is 7.05 Å². The van der Waals surface area contributed by atoms with Gasteiger partial charge < -0.3 is 4.98 Å². The van der Waals surface area contributed by atoms with Crippen LogP contribution in [-0.4, -0.2) is 31.7 Å². The molecule has 0 saturated heterocycles. The number of H-pyrrole nitrogens is 1. The van der Waals surface area contributed by atoms with Crippen molar-refractivity contribution in [3.05, 3.63) is 57.8 Å². The first kappa shape index (κ1) is 17.4. The van der Waals surface area contributed by atoms with Crippen molar-refractivity contribution in [3.8, 4) is 0 Å². The van der Waals surface area contributed by atoms with Crippen LogP contribution in [0.1, 0.15) is 37.7 Å². The maximum absolute atomic E-state index is 12.1. The van der Waals surface area contributed by atoms with Gasteiger partial charge in [-0.3, -0.25) is 14.4 Å². The molecule has 0 radical (unpaired) electrons. The number of rotatable bonds is 4. The largest absolute Gasteiger partial charge is 0.309 e. The van der Waals surface area contributed by atoms with Crippen molar-refractivity contribution in [2.24, 2.45) is 7.05 Å². The Hall–Kier alpha value is -2.47. The molecule has 0 aliphatic heterocycles. The minimum absolute atomic E-state index is 0.143. The van der Waals surface area contributed by atoms with Gasteiger partial charge in [-0.1, -0.05) is 45.0 Å². The number of benzene rings is 1. The van der Waals surface area contributed by atoms with Gasteiger partial charge >= 0.3 is 0 Å². The summed E-state index contributed by atoms with van der Waals surface area (Å²) >= 11 is 0. The number of aromatic amines is 1. The van der Waals surface area contributed by atoms with Crippen LogP contribution in [0.15, 0.2) is 35.3 Å². The van der Waals surface area contributed by atoms with Crippen molar-refractivity contribution < 1.29 is 0 Å². The predicted octanol–water partition coefficient (Wildman–Crippen LogP) is 2.59. The molecule has 132 valence electrons. The van der Waals surface area contributed by atoms with E-state index in [0.717, 1.165) is 6.54 Å². The van der Waals surface area contributed by atoms with Crippen LogP contribution in [0.5, 0.6) is 0 Å². The molecular formula is C19H25N5O. The van der Waals surface area contributed by atoms with Crippen molar-refractivity contribution in [1.82, 2.24) is 24.6 Å². The number of hydrogen-bond acceptors (Lipinski definition) is 4. The highest BCUT2D eigenvalue weighted by molar-refractivity contribution is 5.72. The zero-order chi connectivity index (χ0) is 18.2. The van der Waals surface area contributed by atoms with Crippen molar-refractivity contribution in [2.45, 2.75) is 39.3 Å². The van der Waals surface area contributed by atoms with Crippen LogP contribution >= 0.6 is 0 Å². The lowest BCUT2D eigenvalue weighted by molar-refractivity contribution is 0.310. The summed E-state index contributed by atoms with van der Waals surface area (Å²) in [6.07, 6.45) is 1.55. The maximum atomic E-state index is 12.1. The van der Waals surface area contributed by atoms with Crippen molar-refractivity contribution >= 4 is 11.0 Å². The Balaban J connectivity index is 1.73. The topological polar surface area (TPSA) is 66.8 Å². The Morgan fingerprint density at radius 3 is 2.48 bits per heavy atom. The number of hydrogen-bond donors (Lipinski definition) is 1. The molecular weight excluding hydrogens is 314 g/mol. The summed E-state index contributed by atoms with van der Waals surface area (Å²) < 4.78 is 1.62.